The van der Waals surface area contributed by atoms with Gasteiger partial charge < -0.3 is 15.4 Å². The summed E-state index contributed by atoms with van der Waals surface area (Å²) in [7, 11) is 0. The second kappa shape index (κ2) is 6.70. The molecule has 0 radical (unpaired) electrons. The molecule has 1 fully saturated rings. The molecule has 19 heavy (non-hydrogen) atoms. The van der Waals surface area contributed by atoms with E-state index in [0.29, 0.717) is 18.5 Å². The molecule has 0 aliphatic carbocycles. The van der Waals surface area contributed by atoms with Crippen LogP contribution in [0.2, 0.25) is 0 Å². The summed E-state index contributed by atoms with van der Waals surface area (Å²) in [5.74, 6) is 1.59. The predicted molar refractivity (Wildman–Crippen MR) is 76.5 cm³/mol. The summed E-state index contributed by atoms with van der Waals surface area (Å²) in [6, 6.07) is 2.44. The largest absolute Gasteiger partial charge is 0.478 e. The summed E-state index contributed by atoms with van der Waals surface area (Å²) in [5.41, 5.74) is 6.10. The van der Waals surface area contributed by atoms with E-state index in [-0.39, 0.29) is 6.04 Å². The van der Waals surface area contributed by atoms with Gasteiger partial charge in [-0.1, -0.05) is 6.92 Å². The van der Waals surface area contributed by atoms with Crippen LogP contribution in [-0.4, -0.2) is 35.2 Å². The van der Waals surface area contributed by atoms with Crippen molar-refractivity contribution >= 4 is 5.82 Å². The van der Waals surface area contributed by atoms with E-state index in [2.05, 4.69) is 28.7 Å². The van der Waals surface area contributed by atoms with Crippen molar-refractivity contribution in [1.82, 2.24) is 9.97 Å². The fourth-order valence-electron chi connectivity index (χ4n) is 2.56. The molecule has 2 unspecified atom stereocenters. The van der Waals surface area contributed by atoms with E-state index >= 15 is 0 Å². The van der Waals surface area contributed by atoms with Gasteiger partial charge in [-0.05, 0) is 32.6 Å². The minimum atomic E-state index is 0.148. The van der Waals surface area contributed by atoms with Crippen LogP contribution in [0.4, 0.5) is 5.82 Å². The van der Waals surface area contributed by atoms with Crippen LogP contribution in [0.3, 0.4) is 0 Å². The molecule has 0 spiro atoms. The van der Waals surface area contributed by atoms with Gasteiger partial charge in [-0.25, -0.2) is 9.97 Å². The summed E-state index contributed by atoms with van der Waals surface area (Å²) in [6.45, 7) is 5.85. The molecule has 0 saturated carbocycles. The zero-order chi connectivity index (χ0) is 13.7. The first kappa shape index (κ1) is 14.1. The first-order valence-corrected chi connectivity index (χ1v) is 7.19. The Balaban J connectivity index is 2.14. The van der Waals surface area contributed by atoms with Crippen LogP contribution in [0, 0.1) is 0 Å². The van der Waals surface area contributed by atoms with Gasteiger partial charge in [0, 0.05) is 24.7 Å². The third kappa shape index (κ3) is 3.56. The van der Waals surface area contributed by atoms with Crippen LogP contribution in [0.15, 0.2) is 12.4 Å². The first-order chi connectivity index (χ1) is 9.22. The van der Waals surface area contributed by atoms with Crippen molar-refractivity contribution in [1.29, 1.82) is 0 Å². The number of nitrogens with zero attached hydrogens (tertiary/aromatic N) is 3. The quantitative estimate of drug-likeness (QED) is 0.881. The van der Waals surface area contributed by atoms with Crippen molar-refractivity contribution in [3.63, 3.8) is 0 Å². The molecule has 5 nitrogen and oxygen atoms in total. The summed E-state index contributed by atoms with van der Waals surface area (Å²) in [6.07, 6.45) is 6.12. The van der Waals surface area contributed by atoms with E-state index in [9.17, 15) is 0 Å². The zero-order valence-corrected chi connectivity index (χ0v) is 11.9. The van der Waals surface area contributed by atoms with Gasteiger partial charge in [0.25, 0.3) is 0 Å². The van der Waals surface area contributed by atoms with E-state index in [1.165, 1.54) is 12.8 Å². The average molecular weight is 264 g/mol. The Morgan fingerprint density at radius 3 is 3.05 bits per heavy atom. The molecule has 2 atom stereocenters. The molecular formula is C14H24N4O. The van der Waals surface area contributed by atoms with Gasteiger partial charge in [0.2, 0.25) is 5.88 Å². The van der Waals surface area contributed by atoms with Gasteiger partial charge in [0.15, 0.2) is 0 Å². The molecule has 2 heterocycles. The standard InChI is InChI=1S/C14H24N4O/c1-3-8-19-14-9-13(16-10-17-14)18-7-5-4-6-12(18)11(2)15/h9-12H,3-8,15H2,1-2H3. The lowest BCUT2D eigenvalue weighted by Gasteiger charge is -2.38. The van der Waals surface area contributed by atoms with Crippen molar-refractivity contribution in [3.05, 3.63) is 12.4 Å². The monoisotopic (exact) mass is 264 g/mol. The zero-order valence-electron chi connectivity index (χ0n) is 11.9. The van der Waals surface area contributed by atoms with Gasteiger partial charge >= 0.3 is 0 Å². The molecule has 2 N–H and O–H groups in total. The molecule has 2 rings (SSSR count). The number of ether oxygens (including phenoxy) is 1. The predicted octanol–water partition coefficient (Wildman–Crippen LogP) is 1.97. The number of piperidine rings is 1. The molecule has 1 aliphatic rings. The third-order valence-electron chi connectivity index (χ3n) is 3.53. The Hall–Kier alpha value is -1.36. The Kier molecular flexibility index (Phi) is 4.96. The third-order valence-corrected chi connectivity index (χ3v) is 3.53. The first-order valence-electron chi connectivity index (χ1n) is 7.19. The summed E-state index contributed by atoms with van der Waals surface area (Å²) in [4.78, 5) is 10.8. The fourth-order valence-corrected chi connectivity index (χ4v) is 2.56. The van der Waals surface area contributed by atoms with Crippen LogP contribution < -0.4 is 15.4 Å². The number of nitrogens with two attached hydrogens (primary N) is 1. The van der Waals surface area contributed by atoms with Crippen LogP contribution in [0.5, 0.6) is 5.88 Å². The average Bonchev–Trinajstić information content (AvgIpc) is 2.45. The molecule has 0 amide bonds. The molecule has 1 saturated heterocycles. The maximum absolute atomic E-state index is 6.10. The SMILES string of the molecule is CCCOc1cc(N2CCCCC2C(C)N)ncn1. The van der Waals surface area contributed by atoms with Crippen molar-refractivity contribution in [2.24, 2.45) is 5.73 Å². The Labute approximate surface area is 115 Å². The lowest BCUT2D eigenvalue weighted by atomic mass is 9.97. The highest BCUT2D eigenvalue weighted by Crippen LogP contribution is 2.26. The number of aromatic nitrogens is 2. The second-order valence-corrected chi connectivity index (χ2v) is 5.18. The maximum atomic E-state index is 6.10. The van der Waals surface area contributed by atoms with Crippen molar-refractivity contribution in [2.75, 3.05) is 18.1 Å². The van der Waals surface area contributed by atoms with Crippen LogP contribution in [-0.2, 0) is 0 Å². The summed E-state index contributed by atoms with van der Waals surface area (Å²) >= 11 is 0. The molecular weight excluding hydrogens is 240 g/mol. The van der Waals surface area contributed by atoms with Gasteiger partial charge in [0.05, 0.1) is 6.61 Å². The smallest absolute Gasteiger partial charge is 0.218 e. The molecule has 1 aromatic heterocycles. The highest BCUT2D eigenvalue weighted by atomic mass is 16.5. The van der Waals surface area contributed by atoms with Crippen molar-refractivity contribution in [2.45, 2.75) is 51.6 Å². The number of hydrogen-bond donors (Lipinski definition) is 1. The van der Waals surface area contributed by atoms with Gasteiger partial charge in [0.1, 0.15) is 12.1 Å². The number of hydrogen-bond acceptors (Lipinski definition) is 5. The number of anilines is 1. The van der Waals surface area contributed by atoms with E-state index in [1.54, 1.807) is 6.33 Å². The fraction of sp³-hybridized carbons (Fsp3) is 0.714. The lowest BCUT2D eigenvalue weighted by molar-refractivity contribution is 0.304. The minimum Gasteiger partial charge on any atom is -0.478 e. The Bertz CT molecular complexity index is 397. The molecule has 0 bridgehead atoms. The number of rotatable bonds is 5. The lowest BCUT2D eigenvalue weighted by Crippen LogP contribution is -2.49. The van der Waals surface area contributed by atoms with E-state index in [0.717, 1.165) is 25.2 Å². The second-order valence-electron chi connectivity index (χ2n) is 5.18. The minimum absolute atomic E-state index is 0.148. The molecule has 1 aromatic rings. The molecule has 106 valence electrons. The van der Waals surface area contributed by atoms with Crippen molar-refractivity contribution in [3.8, 4) is 5.88 Å². The van der Waals surface area contributed by atoms with E-state index in [1.807, 2.05) is 6.07 Å². The highest BCUT2D eigenvalue weighted by Gasteiger charge is 2.26. The van der Waals surface area contributed by atoms with Crippen LogP contribution in [0.1, 0.15) is 39.5 Å². The van der Waals surface area contributed by atoms with Gasteiger partial charge in [-0.3, -0.25) is 0 Å². The highest BCUT2D eigenvalue weighted by molar-refractivity contribution is 5.43. The summed E-state index contributed by atoms with van der Waals surface area (Å²) < 4.78 is 5.57. The van der Waals surface area contributed by atoms with Gasteiger partial charge in [-0.2, -0.15) is 0 Å². The van der Waals surface area contributed by atoms with Crippen LogP contribution in [0.25, 0.3) is 0 Å². The molecule has 0 aromatic carbocycles. The van der Waals surface area contributed by atoms with Crippen LogP contribution >= 0.6 is 0 Å². The van der Waals surface area contributed by atoms with Gasteiger partial charge in [-0.15, -0.1) is 0 Å². The normalized spacial score (nSPS) is 21.2. The molecule has 1 aliphatic heterocycles. The summed E-state index contributed by atoms with van der Waals surface area (Å²) in [5, 5.41) is 0. The van der Waals surface area contributed by atoms with Crippen molar-refractivity contribution < 1.29 is 4.74 Å². The van der Waals surface area contributed by atoms with E-state index in [4.69, 9.17) is 10.5 Å². The Morgan fingerprint density at radius 2 is 2.32 bits per heavy atom. The maximum Gasteiger partial charge on any atom is 0.218 e. The molecule has 5 heteroatoms. The van der Waals surface area contributed by atoms with E-state index < -0.39 is 0 Å². The topological polar surface area (TPSA) is 64.3 Å². The Morgan fingerprint density at radius 1 is 1.47 bits per heavy atom.